The molecule has 0 heterocycles. The van der Waals surface area contributed by atoms with E-state index in [1.807, 2.05) is 12.2 Å². The van der Waals surface area contributed by atoms with Crippen LogP contribution in [0.3, 0.4) is 0 Å². The van der Waals surface area contributed by atoms with Crippen molar-refractivity contribution in [2.75, 3.05) is 0 Å². The van der Waals surface area contributed by atoms with Crippen LogP contribution >= 0.6 is 0 Å². The van der Waals surface area contributed by atoms with Crippen molar-refractivity contribution < 1.29 is 17.5 Å². The van der Waals surface area contributed by atoms with Crippen LogP contribution in [-0.4, -0.2) is 17.5 Å². The van der Waals surface area contributed by atoms with E-state index in [-0.39, 0.29) is 0 Å². The zero-order valence-corrected chi connectivity index (χ0v) is 6.21. The fourth-order valence-corrected chi connectivity index (χ4v) is 0.118. The van der Waals surface area contributed by atoms with E-state index in [1.165, 1.54) is 0 Å². The van der Waals surface area contributed by atoms with Crippen molar-refractivity contribution in [1.29, 1.82) is 0 Å². The van der Waals surface area contributed by atoms with E-state index < -0.39 is 10.4 Å². The van der Waals surface area contributed by atoms with Gasteiger partial charge in [0.1, 0.15) is 0 Å². The van der Waals surface area contributed by atoms with Crippen molar-refractivity contribution in [2.24, 2.45) is 0 Å². The molecule has 2 N–H and O–H groups in total. The molecule has 0 radical (unpaired) electrons. The third-order valence-electron chi connectivity index (χ3n) is 0.333. The zero-order chi connectivity index (χ0) is 8.62. The molecule has 0 fully saturated rings. The van der Waals surface area contributed by atoms with Crippen LogP contribution in [0.25, 0.3) is 0 Å². The van der Waals surface area contributed by atoms with Crippen molar-refractivity contribution in [3.63, 3.8) is 0 Å². The molecular formula is C5H10O4S. The Balaban J connectivity index is 0. The zero-order valence-electron chi connectivity index (χ0n) is 5.40. The molecule has 0 rings (SSSR count). The van der Waals surface area contributed by atoms with Gasteiger partial charge in [-0.25, -0.2) is 0 Å². The Bertz CT molecular complexity index is 166. The Hall–Kier alpha value is -0.650. The van der Waals surface area contributed by atoms with E-state index >= 15 is 0 Å². The molecule has 0 unspecified atom stereocenters. The summed E-state index contributed by atoms with van der Waals surface area (Å²) in [6, 6.07) is 0. The first-order chi connectivity index (χ1) is 4.41. The van der Waals surface area contributed by atoms with Gasteiger partial charge in [-0.1, -0.05) is 12.2 Å². The molecule has 0 aliphatic heterocycles. The minimum atomic E-state index is -4.67. The smallest absolute Gasteiger partial charge is 0.264 e. The van der Waals surface area contributed by atoms with Gasteiger partial charge in [-0.3, -0.25) is 9.11 Å². The summed E-state index contributed by atoms with van der Waals surface area (Å²) >= 11 is 0. The molecule has 4 nitrogen and oxygen atoms in total. The summed E-state index contributed by atoms with van der Waals surface area (Å²) < 4.78 is 31.6. The lowest BCUT2D eigenvalue weighted by Crippen LogP contribution is -1.89. The Morgan fingerprint density at radius 3 is 1.40 bits per heavy atom. The van der Waals surface area contributed by atoms with Crippen LogP contribution in [0.1, 0.15) is 6.42 Å². The summed E-state index contributed by atoms with van der Waals surface area (Å²) in [7, 11) is -4.67. The van der Waals surface area contributed by atoms with Crippen molar-refractivity contribution in [3.8, 4) is 0 Å². The van der Waals surface area contributed by atoms with E-state index in [0.29, 0.717) is 0 Å². The first kappa shape index (κ1) is 12.1. The highest BCUT2D eigenvalue weighted by Gasteiger charge is 1.84. The number of hydrogen-bond donors (Lipinski definition) is 2. The quantitative estimate of drug-likeness (QED) is 0.475. The molecular weight excluding hydrogens is 156 g/mol. The molecule has 0 bridgehead atoms. The molecule has 0 saturated heterocycles. The molecule has 60 valence electrons. The summed E-state index contributed by atoms with van der Waals surface area (Å²) in [4.78, 5) is 0. The van der Waals surface area contributed by atoms with Crippen LogP contribution in [0.15, 0.2) is 25.3 Å². The van der Waals surface area contributed by atoms with E-state index in [0.717, 1.165) is 6.42 Å². The second-order valence-corrected chi connectivity index (χ2v) is 2.16. The summed E-state index contributed by atoms with van der Waals surface area (Å²) in [5, 5.41) is 0. The SMILES string of the molecule is C=CCC=C.O=S(=O)(O)O. The summed E-state index contributed by atoms with van der Waals surface area (Å²) in [6.45, 7) is 6.96. The van der Waals surface area contributed by atoms with Crippen LogP contribution < -0.4 is 0 Å². The van der Waals surface area contributed by atoms with Gasteiger partial charge in [0.05, 0.1) is 0 Å². The Kier molecular flexibility index (Phi) is 7.81. The highest BCUT2D eigenvalue weighted by atomic mass is 32.3. The van der Waals surface area contributed by atoms with Gasteiger partial charge in [-0.15, -0.1) is 13.2 Å². The number of allylic oxidation sites excluding steroid dienone is 2. The minimum absolute atomic E-state index is 0.917. The molecule has 0 aliphatic carbocycles. The molecule has 10 heavy (non-hydrogen) atoms. The molecule has 0 amide bonds. The van der Waals surface area contributed by atoms with Gasteiger partial charge < -0.3 is 0 Å². The molecule has 0 aromatic rings. The molecule has 0 aromatic carbocycles. The topological polar surface area (TPSA) is 74.6 Å². The Morgan fingerprint density at radius 1 is 1.20 bits per heavy atom. The first-order valence-corrected chi connectivity index (χ1v) is 3.73. The lowest BCUT2D eigenvalue weighted by atomic mass is 10.4. The van der Waals surface area contributed by atoms with E-state index in [9.17, 15) is 0 Å². The maximum atomic E-state index is 8.74. The minimum Gasteiger partial charge on any atom is -0.264 e. The monoisotopic (exact) mass is 166 g/mol. The third kappa shape index (κ3) is 163. The van der Waals surface area contributed by atoms with Gasteiger partial charge in [0.2, 0.25) is 0 Å². The average Bonchev–Trinajstić information content (AvgIpc) is 1.63. The maximum absolute atomic E-state index is 8.74. The molecule has 0 atom stereocenters. The number of rotatable bonds is 2. The van der Waals surface area contributed by atoms with Gasteiger partial charge in [0.25, 0.3) is 0 Å². The highest BCUT2D eigenvalue weighted by molar-refractivity contribution is 7.79. The average molecular weight is 166 g/mol. The maximum Gasteiger partial charge on any atom is 0.394 e. The van der Waals surface area contributed by atoms with Crippen LogP contribution in [0.2, 0.25) is 0 Å². The van der Waals surface area contributed by atoms with E-state index in [2.05, 4.69) is 13.2 Å². The van der Waals surface area contributed by atoms with Gasteiger partial charge >= 0.3 is 10.4 Å². The molecule has 0 aromatic heterocycles. The third-order valence-corrected chi connectivity index (χ3v) is 0.333. The molecule has 0 spiro atoms. The first-order valence-electron chi connectivity index (χ1n) is 2.33. The van der Waals surface area contributed by atoms with Crippen LogP contribution in [-0.2, 0) is 10.4 Å². The second kappa shape index (κ2) is 6.47. The normalized spacial score (nSPS) is 9.00. The van der Waals surface area contributed by atoms with Gasteiger partial charge in [-0.05, 0) is 6.42 Å². The molecule has 5 heteroatoms. The molecule has 0 aliphatic rings. The van der Waals surface area contributed by atoms with Gasteiger partial charge in [0, 0.05) is 0 Å². The van der Waals surface area contributed by atoms with Crippen LogP contribution in [0.4, 0.5) is 0 Å². The highest BCUT2D eigenvalue weighted by Crippen LogP contribution is 1.73. The fraction of sp³-hybridized carbons (Fsp3) is 0.200. The second-order valence-electron chi connectivity index (χ2n) is 1.26. The summed E-state index contributed by atoms with van der Waals surface area (Å²) in [6.07, 6.45) is 4.54. The van der Waals surface area contributed by atoms with E-state index in [4.69, 9.17) is 17.5 Å². The standard InChI is InChI=1S/C5H8.H2O4S/c1-3-5-4-2;1-5(2,3)4/h3-4H,1-2,5H2;(H2,1,2,3,4). The van der Waals surface area contributed by atoms with Crippen molar-refractivity contribution in [2.45, 2.75) is 6.42 Å². The lowest BCUT2D eigenvalue weighted by Gasteiger charge is -1.68. The predicted molar refractivity (Wildman–Crippen MR) is 39.2 cm³/mol. The van der Waals surface area contributed by atoms with Crippen LogP contribution in [0, 0.1) is 0 Å². The van der Waals surface area contributed by atoms with Crippen molar-refractivity contribution >= 4 is 10.4 Å². The Morgan fingerprint density at radius 2 is 1.40 bits per heavy atom. The van der Waals surface area contributed by atoms with Crippen LogP contribution in [0.5, 0.6) is 0 Å². The largest absolute Gasteiger partial charge is 0.394 e. The Labute approximate surface area is 60.5 Å². The lowest BCUT2D eigenvalue weighted by molar-refractivity contribution is 0.381. The van der Waals surface area contributed by atoms with Crippen molar-refractivity contribution in [3.05, 3.63) is 25.3 Å². The van der Waals surface area contributed by atoms with Gasteiger partial charge in [-0.2, -0.15) is 8.42 Å². The fourth-order valence-electron chi connectivity index (χ4n) is 0.118. The summed E-state index contributed by atoms with van der Waals surface area (Å²) in [5.74, 6) is 0. The summed E-state index contributed by atoms with van der Waals surface area (Å²) in [5.41, 5.74) is 0. The molecule has 0 saturated carbocycles. The predicted octanol–water partition coefficient (Wildman–Crippen LogP) is 1.10. The number of hydrogen-bond acceptors (Lipinski definition) is 2. The van der Waals surface area contributed by atoms with E-state index in [1.54, 1.807) is 0 Å². The van der Waals surface area contributed by atoms with Crippen molar-refractivity contribution in [1.82, 2.24) is 0 Å². The van der Waals surface area contributed by atoms with Gasteiger partial charge in [0.15, 0.2) is 0 Å².